The molecule has 5 heteroatoms. The molecule has 0 aliphatic carbocycles. The molecule has 18 heavy (non-hydrogen) atoms. The van der Waals surface area contributed by atoms with Crippen LogP contribution in [-0.4, -0.2) is 23.8 Å². The van der Waals surface area contributed by atoms with Crippen LogP contribution in [-0.2, 0) is 6.42 Å². The monoisotopic (exact) mass is 267 g/mol. The van der Waals surface area contributed by atoms with Crippen molar-refractivity contribution in [1.82, 2.24) is 15.5 Å². The number of rotatable bonds is 4. The Morgan fingerprint density at radius 3 is 2.89 bits per heavy atom. The van der Waals surface area contributed by atoms with E-state index in [0.29, 0.717) is 0 Å². The minimum absolute atomic E-state index is 0.132. The van der Waals surface area contributed by atoms with Crippen molar-refractivity contribution in [2.45, 2.75) is 13.3 Å². The molecule has 96 valence electrons. The lowest BCUT2D eigenvalue weighted by molar-refractivity contribution is 0.628. The second kappa shape index (κ2) is 5.50. The van der Waals surface area contributed by atoms with Crippen LogP contribution in [0.3, 0.4) is 0 Å². The van der Waals surface area contributed by atoms with E-state index in [1.165, 1.54) is 6.07 Å². The first-order valence-corrected chi connectivity index (χ1v) is 6.15. The molecule has 0 spiro atoms. The Hall–Kier alpha value is -1.39. The average Bonchev–Trinajstić information content (AvgIpc) is 2.71. The van der Waals surface area contributed by atoms with Gasteiger partial charge in [-0.25, -0.2) is 4.39 Å². The molecule has 1 aromatic carbocycles. The summed E-state index contributed by atoms with van der Waals surface area (Å²) in [4.78, 5) is 0. The summed E-state index contributed by atoms with van der Waals surface area (Å²) >= 11 is 5.82. The third-order valence-electron chi connectivity index (χ3n) is 2.84. The number of aromatic nitrogens is 2. The lowest BCUT2D eigenvalue weighted by atomic mass is 10.0. The molecule has 0 unspecified atom stereocenters. The molecule has 3 nitrogen and oxygen atoms in total. The standard InChI is InChI=1S/C13H15ClFN3/c1-8-13(12(18-17-8)5-6-16-2)9-3-4-11(15)10(14)7-9/h3-4,7,16H,5-6H2,1-2H3,(H,17,18). The number of aryl methyl sites for hydroxylation is 1. The number of halogens is 2. The number of aromatic amines is 1. The minimum Gasteiger partial charge on any atom is -0.319 e. The first-order valence-electron chi connectivity index (χ1n) is 5.77. The predicted molar refractivity (Wildman–Crippen MR) is 71.4 cm³/mol. The van der Waals surface area contributed by atoms with Gasteiger partial charge in [0.05, 0.1) is 10.7 Å². The number of benzene rings is 1. The smallest absolute Gasteiger partial charge is 0.141 e. The third kappa shape index (κ3) is 2.54. The fourth-order valence-corrected chi connectivity index (χ4v) is 2.12. The molecule has 2 aromatic rings. The highest BCUT2D eigenvalue weighted by Crippen LogP contribution is 2.29. The summed E-state index contributed by atoms with van der Waals surface area (Å²) in [5.74, 6) is -0.404. The van der Waals surface area contributed by atoms with Crippen LogP contribution >= 0.6 is 11.6 Å². The van der Waals surface area contributed by atoms with Crippen molar-refractivity contribution in [3.8, 4) is 11.1 Å². The molecule has 0 aliphatic heterocycles. The van der Waals surface area contributed by atoms with Gasteiger partial charge in [-0.05, 0) is 31.7 Å². The number of nitrogens with zero attached hydrogens (tertiary/aromatic N) is 1. The summed E-state index contributed by atoms with van der Waals surface area (Å²) in [6, 6.07) is 4.74. The van der Waals surface area contributed by atoms with Crippen molar-refractivity contribution in [2.24, 2.45) is 0 Å². The summed E-state index contributed by atoms with van der Waals surface area (Å²) in [6.45, 7) is 2.79. The van der Waals surface area contributed by atoms with Gasteiger partial charge in [0.25, 0.3) is 0 Å². The summed E-state index contributed by atoms with van der Waals surface area (Å²) in [5.41, 5.74) is 3.82. The first kappa shape index (κ1) is 13.1. The van der Waals surface area contributed by atoms with Crippen molar-refractivity contribution in [2.75, 3.05) is 13.6 Å². The Morgan fingerprint density at radius 1 is 1.44 bits per heavy atom. The molecule has 0 radical (unpaired) electrons. The molecule has 0 saturated carbocycles. The Bertz CT molecular complexity index is 551. The maximum Gasteiger partial charge on any atom is 0.141 e. The van der Waals surface area contributed by atoms with E-state index in [2.05, 4.69) is 15.5 Å². The molecule has 0 bridgehead atoms. The number of likely N-dealkylation sites (N-methyl/N-ethyl adjacent to an activating group) is 1. The second-order valence-electron chi connectivity index (χ2n) is 4.15. The largest absolute Gasteiger partial charge is 0.319 e. The molecule has 0 amide bonds. The van der Waals surface area contributed by atoms with Crippen LogP contribution in [0, 0.1) is 12.7 Å². The molecule has 0 atom stereocenters. The lowest BCUT2D eigenvalue weighted by Gasteiger charge is -2.05. The second-order valence-corrected chi connectivity index (χ2v) is 4.56. The molecule has 1 heterocycles. The van der Waals surface area contributed by atoms with Crippen molar-refractivity contribution < 1.29 is 4.39 Å². The number of H-pyrrole nitrogens is 1. The molecular weight excluding hydrogens is 253 g/mol. The zero-order chi connectivity index (χ0) is 13.1. The predicted octanol–water partition coefficient (Wildman–Crippen LogP) is 2.94. The maximum absolute atomic E-state index is 13.2. The fraction of sp³-hybridized carbons (Fsp3) is 0.308. The van der Waals surface area contributed by atoms with E-state index in [-0.39, 0.29) is 5.02 Å². The molecular formula is C13H15ClFN3. The normalized spacial score (nSPS) is 10.9. The maximum atomic E-state index is 13.2. The van der Waals surface area contributed by atoms with Gasteiger partial charge in [0.15, 0.2) is 0 Å². The van der Waals surface area contributed by atoms with Gasteiger partial charge in [-0.2, -0.15) is 5.10 Å². The van der Waals surface area contributed by atoms with E-state index in [1.807, 2.05) is 14.0 Å². The number of hydrogen-bond acceptors (Lipinski definition) is 2. The molecule has 2 rings (SSSR count). The van der Waals surface area contributed by atoms with Gasteiger partial charge in [-0.15, -0.1) is 0 Å². The van der Waals surface area contributed by atoms with Crippen molar-refractivity contribution in [3.63, 3.8) is 0 Å². The highest BCUT2D eigenvalue weighted by molar-refractivity contribution is 6.31. The number of nitrogens with one attached hydrogen (secondary N) is 2. The lowest BCUT2D eigenvalue weighted by Crippen LogP contribution is -2.11. The van der Waals surface area contributed by atoms with Crippen molar-refractivity contribution in [1.29, 1.82) is 0 Å². The van der Waals surface area contributed by atoms with Gasteiger partial charge >= 0.3 is 0 Å². The topological polar surface area (TPSA) is 40.7 Å². The van der Waals surface area contributed by atoms with Gasteiger partial charge in [0.1, 0.15) is 5.82 Å². The summed E-state index contributed by atoms with van der Waals surface area (Å²) < 4.78 is 13.2. The average molecular weight is 268 g/mol. The Kier molecular flexibility index (Phi) is 3.99. The van der Waals surface area contributed by atoms with Gasteiger partial charge in [-0.1, -0.05) is 17.7 Å². The molecule has 0 aliphatic rings. The minimum atomic E-state index is -0.404. The van der Waals surface area contributed by atoms with E-state index in [1.54, 1.807) is 12.1 Å². The van der Waals surface area contributed by atoms with Crippen molar-refractivity contribution >= 4 is 11.6 Å². The van der Waals surface area contributed by atoms with Gasteiger partial charge in [0.2, 0.25) is 0 Å². The molecule has 0 saturated heterocycles. The zero-order valence-electron chi connectivity index (χ0n) is 10.3. The highest BCUT2D eigenvalue weighted by Gasteiger charge is 2.13. The Balaban J connectivity index is 2.42. The van der Waals surface area contributed by atoms with Crippen LogP contribution in [0.25, 0.3) is 11.1 Å². The summed E-state index contributed by atoms with van der Waals surface area (Å²) in [6.07, 6.45) is 0.811. The Labute approximate surface area is 110 Å². The SMILES string of the molecule is CNCCc1n[nH]c(C)c1-c1ccc(F)c(Cl)c1. The van der Waals surface area contributed by atoms with Crippen LogP contribution < -0.4 is 5.32 Å². The van der Waals surface area contributed by atoms with Crippen LogP contribution in [0.15, 0.2) is 18.2 Å². The zero-order valence-corrected chi connectivity index (χ0v) is 11.1. The van der Waals surface area contributed by atoms with Crippen LogP contribution in [0.2, 0.25) is 5.02 Å². The quantitative estimate of drug-likeness (QED) is 0.894. The van der Waals surface area contributed by atoms with E-state index in [9.17, 15) is 4.39 Å². The summed E-state index contributed by atoms with van der Waals surface area (Å²) in [7, 11) is 1.90. The van der Waals surface area contributed by atoms with Crippen molar-refractivity contribution in [3.05, 3.63) is 40.4 Å². The first-order chi connectivity index (χ1) is 8.63. The van der Waals surface area contributed by atoms with E-state index in [0.717, 1.165) is 35.5 Å². The molecule has 0 fully saturated rings. The third-order valence-corrected chi connectivity index (χ3v) is 3.13. The van der Waals surface area contributed by atoms with E-state index >= 15 is 0 Å². The van der Waals surface area contributed by atoms with Gasteiger partial charge in [0, 0.05) is 24.2 Å². The molecule has 1 aromatic heterocycles. The van der Waals surface area contributed by atoms with Crippen LogP contribution in [0.1, 0.15) is 11.4 Å². The highest BCUT2D eigenvalue weighted by atomic mass is 35.5. The summed E-state index contributed by atoms with van der Waals surface area (Å²) in [5, 5.41) is 10.5. The van der Waals surface area contributed by atoms with E-state index in [4.69, 9.17) is 11.6 Å². The van der Waals surface area contributed by atoms with Gasteiger partial charge < -0.3 is 5.32 Å². The van der Waals surface area contributed by atoms with Gasteiger partial charge in [-0.3, -0.25) is 5.10 Å². The van der Waals surface area contributed by atoms with Crippen LogP contribution in [0.4, 0.5) is 4.39 Å². The van der Waals surface area contributed by atoms with E-state index < -0.39 is 5.82 Å². The number of hydrogen-bond donors (Lipinski definition) is 2. The van der Waals surface area contributed by atoms with Crippen LogP contribution in [0.5, 0.6) is 0 Å². The molecule has 2 N–H and O–H groups in total. The Morgan fingerprint density at radius 2 is 2.22 bits per heavy atom. The fourth-order valence-electron chi connectivity index (χ4n) is 1.94.